The molecule has 0 heterocycles. The molecule has 0 aromatic carbocycles. The Morgan fingerprint density at radius 1 is 0.378 bits per heavy atom. The molecular formula is C40H76CaO4. The summed E-state index contributed by atoms with van der Waals surface area (Å²) in [4.78, 5) is 23.7. The van der Waals surface area contributed by atoms with Crippen LogP contribution < -0.4 is 0 Å². The molecule has 262 valence electrons. The van der Waals surface area contributed by atoms with Crippen molar-refractivity contribution >= 4 is 49.7 Å². The summed E-state index contributed by atoms with van der Waals surface area (Å²) in [7, 11) is 0. The van der Waals surface area contributed by atoms with Crippen LogP contribution in [0.15, 0.2) is 24.7 Å². The number of carbonyl (C=O) groups excluding carboxylic acids is 2. The molecule has 0 aliphatic rings. The third-order valence-electron chi connectivity index (χ3n) is 8.57. The second-order valence-electron chi connectivity index (χ2n) is 13.0. The van der Waals surface area contributed by atoms with Crippen LogP contribution in [0.25, 0.3) is 0 Å². The van der Waals surface area contributed by atoms with Gasteiger partial charge in [0.2, 0.25) is 0 Å². The Kier molecular flexibility index (Phi) is 43.4. The van der Waals surface area contributed by atoms with Gasteiger partial charge in [-0.05, 0) is 37.8 Å². The minimum absolute atomic E-state index is 0. The quantitative estimate of drug-likeness (QED) is 0.0294. The van der Waals surface area contributed by atoms with Gasteiger partial charge in [0.25, 0.3) is 0 Å². The van der Waals surface area contributed by atoms with Crippen molar-refractivity contribution in [2.75, 3.05) is 0 Å². The molecule has 0 aliphatic heterocycles. The van der Waals surface area contributed by atoms with Crippen LogP contribution in [-0.4, -0.2) is 49.7 Å². The zero-order valence-electron chi connectivity index (χ0n) is 29.6. The summed E-state index contributed by atoms with van der Waals surface area (Å²) >= 11 is 0. The Morgan fingerprint density at radius 2 is 0.600 bits per heavy atom. The van der Waals surface area contributed by atoms with E-state index in [1.54, 1.807) is 0 Å². The Bertz CT molecular complexity index is 605. The van der Waals surface area contributed by atoms with Crippen molar-refractivity contribution in [1.82, 2.24) is 0 Å². The maximum atomic E-state index is 11.8. The van der Waals surface area contributed by atoms with Gasteiger partial charge in [-0.3, -0.25) is 9.59 Å². The molecule has 0 unspecified atom stereocenters. The van der Waals surface area contributed by atoms with Gasteiger partial charge < -0.3 is 9.47 Å². The third-order valence-corrected chi connectivity index (χ3v) is 8.57. The predicted octanol–water partition coefficient (Wildman–Crippen LogP) is 12.7. The number of allylic oxidation sites excluding steroid dienone is 2. The number of hydrogen-bond donors (Lipinski definition) is 0. The molecule has 0 amide bonds. The van der Waals surface area contributed by atoms with E-state index in [9.17, 15) is 9.59 Å². The molecule has 0 N–H and O–H groups in total. The van der Waals surface area contributed by atoms with Gasteiger partial charge >= 0.3 is 49.7 Å². The molecule has 0 aromatic rings. The van der Waals surface area contributed by atoms with Crippen LogP contribution in [-0.2, 0) is 19.1 Å². The number of esters is 2. The van der Waals surface area contributed by atoms with Gasteiger partial charge in [0.05, 0.1) is 25.4 Å². The van der Waals surface area contributed by atoms with Gasteiger partial charge in [0.15, 0.2) is 0 Å². The zero-order chi connectivity index (χ0) is 32.0. The van der Waals surface area contributed by atoms with Crippen LogP contribution in [0.1, 0.15) is 219 Å². The number of unbranched alkanes of at least 4 members (excludes halogenated alkanes) is 28. The van der Waals surface area contributed by atoms with E-state index >= 15 is 0 Å². The van der Waals surface area contributed by atoms with Crippen molar-refractivity contribution < 1.29 is 19.1 Å². The first-order valence-corrected chi connectivity index (χ1v) is 19.4. The molecule has 0 saturated heterocycles. The van der Waals surface area contributed by atoms with Crippen molar-refractivity contribution in [3.8, 4) is 0 Å². The molecular weight excluding hydrogens is 585 g/mol. The van der Waals surface area contributed by atoms with Crippen LogP contribution in [0.3, 0.4) is 0 Å². The fourth-order valence-corrected chi connectivity index (χ4v) is 5.62. The van der Waals surface area contributed by atoms with Crippen molar-refractivity contribution in [1.29, 1.82) is 0 Å². The van der Waals surface area contributed by atoms with E-state index in [0.717, 1.165) is 25.7 Å². The second kappa shape index (κ2) is 41.7. The van der Waals surface area contributed by atoms with E-state index in [0.29, 0.717) is 0 Å². The molecule has 0 radical (unpaired) electrons. The number of hydrogen-bond acceptors (Lipinski definition) is 4. The zero-order valence-corrected chi connectivity index (χ0v) is 29.6. The van der Waals surface area contributed by atoms with Gasteiger partial charge in [-0.2, -0.15) is 0 Å². The average molecular weight is 661 g/mol. The molecule has 45 heavy (non-hydrogen) atoms. The van der Waals surface area contributed by atoms with E-state index in [1.807, 2.05) is 12.2 Å². The first kappa shape index (κ1) is 46.8. The van der Waals surface area contributed by atoms with Crippen molar-refractivity contribution in [3.63, 3.8) is 0 Å². The van der Waals surface area contributed by atoms with Gasteiger partial charge in [-0.1, -0.05) is 181 Å². The molecule has 4 nitrogen and oxygen atoms in total. The molecule has 0 aromatic heterocycles. The molecule has 0 saturated carbocycles. The molecule has 5 heteroatoms. The summed E-state index contributed by atoms with van der Waals surface area (Å²) in [6, 6.07) is 0. The summed E-state index contributed by atoms with van der Waals surface area (Å²) in [5, 5.41) is 0. The summed E-state index contributed by atoms with van der Waals surface area (Å²) in [6.07, 6.45) is 46.7. The Morgan fingerprint density at radius 3 is 0.844 bits per heavy atom. The maximum absolute atomic E-state index is 11.8. The summed E-state index contributed by atoms with van der Waals surface area (Å²) in [5.41, 5.74) is 0. The SMILES string of the molecule is CCCCCCCCCCCCCCCCC=COC(=O)CCC(=O)OC=CCCCCCCCCCCCCCCCC.[CaH2]. The minimum atomic E-state index is -0.384. The average Bonchev–Trinajstić information content (AvgIpc) is 3.03. The number of rotatable bonds is 35. The molecule has 0 spiro atoms. The predicted molar refractivity (Wildman–Crippen MR) is 198 cm³/mol. The topological polar surface area (TPSA) is 52.6 Å². The summed E-state index contributed by atoms with van der Waals surface area (Å²) < 4.78 is 10.2. The first-order valence-electron chi connectivity index (χ1n) is 19.4. The van der Waals surface area contributed by atoms with Gasteiger partial charge in [0.1, 0.15) is 0 Å². The van der Waals surface area contributed by atoms with E-state index in [-0.39, 0.29) is 62.5 Å². The number of ether oxygens (including phenoxy) is 2. The van der Waals surface area contributed by atoms with Crippen molar-refractivity contribution in [2.24, 2.45) is 0 Å². The normalized spacial score (nSPS) is 11.3. The molecule has 0 fully saturated rings. The van der Waals surface area contributed by atoms with Crippen LogP contribution in [0, 0.1) is 0 Å². The molecule has 0 bridgehead atoms. The third kappa shape index (κ3) is 41.7. The second-order valence-corrected chi connectivity index (χ2v) is 13.0. The van der Waals surface area contributed by atoms with E-state index < -0.39 is 0 Å². The Labute approximate surface area is 310 Å². The molecule has 0 aliphatic carbocycles. The number of carbonyl (C=O) groups is 2. The van der Waals surface area contributed by atoms with Crippen molar-refractivity contribution in [2.45, 2.75) is 219 Å². The Hall–Kier alpha value is -0.320. The van der Waals surface area contributed by atoms with Gasteiger partial charge in [-0.15, -0.1) is 0 Å². The summed E-state index contributed by atoms with van der Waals surface area (Å²) in [5.74, 6) is -0.768. The van der Waals surface area contributed by atoms with E-state index in [2.05, 4.69) is 13.8 Å². The van der Waals surface area contributed by atoms with Gasteiger partial charge in [-0.25, -0.2) is 0 Å². The first-order chi connectivity index (χ1) is 21.7. The van der Waals surface area contributed by atoms with Crippen LogP contribution in [0.4, 0.5) is 0 Å². The standard InChI is InChI=1S/C40H74O4.Ca.2H/c1-3-5-7-9-11-13-15-17-19-21-23-25-27-29-31-33-37-43-39(41)35-36-40(42)44-38-34-32-30-28-26-24-22-20-18-16-14-12-10-8-6-4-2;;;/h33-34,37-38H,3-32,35-36H2,1-2H3;;;. The fraction of sp³-hybridized carbons (Fsp3) is 0.850. The van der Waals surface area contributed by atoms with Crippen LogP contribution in [0.2, 0.25) is 0 Å². The van der Waals surface area contributed by atoms with E-state index in [1.165, 1.54) is 179 Å². The van der Waals surface area contributed by atoms with E-state index in [4.69, 9.17) is 9.47 Å². The molecule has 0 atom stereocenters. The van der Waals surface area contributed by atoms with Crippen LogP contribution in [0.5, 0.6) is 0 Å². The van der Waals surface area contributed by atoms with Gasteiger partial charge in [0, 0.05) is 0 Å². The fourth-order valence-electron chi connectivity index (χ4n) is 5.62. The summed E-state index contributed by atoms with van der Waals surface area (Å²) in [6.45, 7) is 4.55. The van der Waals surface area contributed by atoms with Crippen molar-refractivity contribution in [3.05, 3.63) is 24.7 Å². The monoisotopic (exact) mass is 661 g/mol. The molecule has 0 rings (SSSR count). The Balaban J connectivity index is 0. The van der Waals surface area contributed by atoms with Crippen LogP contribution >= 0.6 is 0 Å².